The molecular weight excluding hydrogens is 150 g/mol. The number of nitrogens with zero attached hydrogens (tertiary/aromatic N) is 1. The Hall–Kier alpha value is -0.760. The number of hydrogen-bond acceptors (Lipinski definition) is 1. The molecule has 1 aromatic rings. The van der Waals surface area contributed by atoms with Gasteiger partial charge in [-0.2, -0.15) is 0 Å². The van der Waals surface area contributed by atoms with E-state index in [2.05, 4.69) is 42.9 Å². The summed E-state index contributed by atoms with van der Waals surface area (Å²) in [4.78, 5) is 0. The van der Waals surface area contributed by atoms with Crippen LogP contribution in [0.3, 0.4) is 0 Å². The molecule has 0 bridgehead atoms. The number of ether oxygens (including phenoxy) is 1. The third kappa shape index (κ3) is 0.985. The predicted octanol–water partition coefficient (Wildman–Crippen LogP) is 2.01. The highest BCUT2D eigenvalue weighted by Gasteiger charge is 2.37. The Kier molecular flexibility index (Phi) is 1.72. The lowest BCUT2D eigenvalue weighted by atomic mass is 9.94. The molecule has 0 saturated carbocycles. The molecule has 2 atom stereocenters. The SMILES string of the molecule is CC1OCCC1(C)n1cccc1. The van der Waals surface area contributed by atoms with Crippen molar-refractivity contribution in [3.8, 4) is 0 Å². The lowest BCUT2D eigenvalue weighted by molar-refractivity contribution is 0.0761. The van der Waals surface area contributed by atoms with Crippen molar-refractivity contribution < 1.29 is 4.74 Å². The summed E-state index contributed by atoms with van der Waals surface area (Å²) in [6.07, 6.45) is 5.67. The van der Waals surface area contributed by atoms with Crippen molar-refractivity contribution in [2.45, 2.75) is 31.9 Å². The minimum atomic E-state index is 0.170. The van der Waals surface area contributed by atoms with Crippen LogP contribution in [0.1, 0.15) is 20.3 Å². The normalized spacial score (nSPS) is 35.7. The van der Waals surface area contributed by atoms with Crippen LogP contribution in [0.2, 0.25) is 0 Å². The van der Waals surface area contributed by atoms with Crippen molar-refractivity contribution in [1.29, 1.82) is 0 Å². The number of hydrogen-bond donors (Lipinski definition) is 0. The first-order valence-corrected chi connectivity index (χ1v) is 4.48. The lowest BCUT2D eigenvalue weighted by Crippen LogP contribution is -2.35. The van der Waals surface area contributed by atoms with Crippen LogP contribution >= 0.6 is 0 Å². The number of aromatic nitrogens is 1. The highest BCUT2D eigenvalue weighted by Crippen LogP contribution is 2.32. The van der Waals surface area contributed by atoms with Gasteiger partial charge < -0.3 is 9.30 Å². The maximum Gasteiger partial charge on any atom is 0.0780 e. The highest BCUT2D eigenvalue weighted by atomic mass is 16.5. The highest BCUT2D eigenvalue weighted by molar-refractivity contribution is 5.01. The molecule has 12 heavy (non-hydrogen) atoms. The maximum absolute atomic E-state index is 5.57. The van der Waals surface area contributed by atoms with Gasteiger partial charge in [0.05, 0.1) is 11.6 Å². The summed E-state index contributed by atoms with van der Waals surface area (Å²) in [5.41, 5.74) is 0.170. The van der Waals surface area contributed by atoms with Gasteiger partial charge in [-0.05, 0) is 32.4 Å². The molecule has 1 aliphatic heterocycles. The van der Waals surface area contributed by atoms with E-state index < -0.39 is 0 Å². The molecule has 1 saturated heterocycles. The van der Waals surface area contributed by atoms with E-state index in [1.54, 1.807) is 0 Å². The van der Waals surface area contributed by atoms with Crippen LogP contribution in [-0.4, -0.2) is 17.3 Å². The molecule has 1 aliphatic rings. The molecule has 0 amide bonds. The first-order chi connectivity index (χ1) is 5.73. The molecule has 1 aromatic heterocycles. The minimum Gasteiger partial charge on any atom is -0.376 e. The molecule has 0 aromatic carbocycles. The van der Waals surface area contributed by atoms with Crippen LogP contribution in [0.4, 0.5) is 0 Å². The largest absolute Gasteiger partial charge is 0.376 e. The second-order valence-corrected chi connectivity index (χ2v) is 3.71. The Morgan fingerprint density at radius 3 is 2.58 bits per heavy atom. The molecule has 0 aliphatic carbocycles. The fourth-order valence-electron chi connectivity index (χ4n) is 1.84. The summed E-state index contributed by atoms with van der Waals surface area (Å²) in [7, 11) is 0. The van der Waals surface area contributed by atoms with Crippen molar-refractivity contribution >= 4 is 0 Å². The van der Waals surface area contributed by atoms with E-state index in [0.717, 1.165) is 13.0 Å². The molecule has 0 radical (unpaired) electrons. The fourth-order valence-corrected chi connectivity index (χ4v) is 1.84. The van der Waals surface area contributed by atoms with Gasteiger partial charge in [-0.25, -0.2) is 0 Å². The molecule has 2 heterocycles. The topological polar surface area (TPSA) is 14.2 Å². The van der Waals surface area contributed by atoms with E-state index in [0.29, 0.717) is 6.10 Å². The third-order valence-corrected chi connectivity index (χ3v) is 3.05. The van der Waals surface area contributed by atoms with Gasteiger partial charge in [-0.1, -0.05) is 0 Å². The van der Waals surface area contributed by atoms with E-state index in [1.807, 2.05) is 0 Å². The minimum absolute atomic E-state index is 0.170. The van der Waals surface area contributed by atoms with Gasteiger partial charge in [0, 0.05) is 19.0 Å². The molecule has 2 heteroatoms. The van der Waals surface area contributed by atoms with Crippen molar-refractivity contribution in [1.82, 2.24) is 4.57 Å². The molecule has 2 rings (SSSR count). The molecule has 66 valence electrons. The summed E-state index contributed by atoms with van der Waals surface area (Å²) in [5, 5.41) is 0. The van der Waals surface area contributed by atoms with Gasteiger partial charge in [0.2, 0.25) is 0 Å². The first kappa shape index (κ1) is 7.87. The smallest absolute Gasteiger partial charge is 0.0780 e. The zero-order valence-corrected chi connectivity index (χ0v) is 7.66. The second-order valence-electron chi connectivity index (χ2n) is 3.71. The fraction of sp³-hybridized carbons (Fsp3) is 0.600. The standard InChI is InChI=1S/C10H15NO/c1-9-10(2,5-8-12-9)11-6-3-4-7-11/h3-4,6-7,9H,5,8H2,1-2H3. The summed E-state index contributed by atoms with van der Waals surface area (Å²) in [5.74, 6) is 0. The van der Waals surface area contributed by atoms with Gasteiger partial charge in [-0.3, -0.25) is 0 Å². The van der Waals surface area contributed by atoms with Gasteiger partial charge in [0.15, 0.2) is 0 Å². The molecular formula is C10H15NO. The molecule has 2 nitrogen and oxygen atoms in total. The summed E-state index contributed by atoms with van der Waals surface area (Å²) in [6, 6.07) is 4.13. The summed E-state index contributed by atoms with van der Waals surface area (Å²) < 4.78 is 7.83. The molecule has 0 spiro atoms. The zero-order valence-electron chi connectivity index (χ0n) is 7.66. The van der Waals surface area contributed by atoms with E-state index in [1.165, 1.54) is 0 Å². The summed E-state index contributed by atoms with van der Waals surface area (Å²) in [6.45, 7) is 5.29. The average molecular weight is 165 g/mol. The summed E-state index contributed by atoms with van der Waals surface area (Å²) >= 11 is 0. The van der Waals surface area contributed by atoms with Crippen LogP contribution in [0, 0.1) is 0 Å². The first-order valence-electron chi connectivity index (χ1n) is 4.48. The Balaban J connectivity index is 2.32. The van der Waals surface area contributed by atoms with Crippen LogP contribution < -0.4 is 0 Å². The second kappa shape index (κ2) is 2.63. The van der Waals surface area contributed by atoms with E-state index in [9.17, 15) is 0 Å². The van der Waals surface area contributed by atoms with Crippen molar-refractivity contribution in [3.05, 3.63) is 24.5 Å². The monoisotopic (exact) mass is 165 g/mol. The van der Waals surface area contributed by atoms with Crippen LogP contribution in [-0.2, 0) is 10.3 Å². The predicted molar refractivity (Wildman–Crippen MR) is 48.1 cm³/mol. The van der Waals surface area contributed by atoms with E-state index in [4.69, 9.17) is 4.74 Å². The van der Waals surface area contributed by atoms with Crippen molar-refractivity contribution in [2.75, 3.05) is 6.61 Å². The quantitative estimate of drug-likeness (QED) is 0.621. The van der Waals surface area contributed by atoms with Crippen LogP contribution in [0.5, 0.6) is 0 Å². The lowest BCUT2D eigenvalue weighted by Gasteiger charge is -2.29. The average Bonchev–Trinajstić information content (AvgIpc) is 2.62. The zero-order chi connectivity index (χ0) is 8.60. The molecule has 0 N–H and O–H groups in total. The van der Waals surface area contributed by atoms with E-state index >= 15 is 0 Å². The van der Waals surface area contributed by atoms with Gasteiger partial charge in [0.1, 0.15) is 0 Å². The Morgan fingerprint density at radius 2 is 2.08 bits per heavy atom. The molecule has 2 unspecified atom stereocenters. The maximum atomic E-state index is 5.57. The Labute approximate surface area is 73.1 Å². The van der Waals surface area contributed by atoms with Gasteiger partial charge in [-0.15, -0.1) is 0 Å². The van der Waals surface area contributed by atoms with Crippen molar-refractivity contribution in [3.63, 3.8) is 0 Å². The van der Waals surface area contributed by atoms with Crippen molar-refractivity contribution in [2.24, 2.45) is 0 Å². The Morgan fingerprint density at radius 1 is 1.42 bits per heavy atom. The van der Waals surface area contributed by atoms with Gasteiger partial charge in [0.25, 0.3) is 0 Å². The third-order valence-electron chi connectivity index (χ3n) is 3.05. The number of rotatable bonds is 1. The van der Waals surface area contributed by atoms with E-state index in [-0.39, 0.29) is 5.54 Å². The Bertz CT molecular complexity index is 255. The van der Waals surface area contributed by atoms with Gasteiger partial charge >= 0.3 is 0 Å². The van der Waals surface area contributed by atoms with Crippen LogP contribution in [0.25, 0.3) is 0 Å². The molecule has 1 fully saturated rings. The van der Waals surface area contributed by atoms with Crippen LogP contribution in [0.15, 0.2) is 24.5 Å².